The number of aliphatic hydroxyl groups is 1. The van der Waals surface area contributed by atoms with Crippen molar-refractivity contribution in [1.29, 1.82) is 0 Å². The highest BCUT2D eigenvalue weighted by Gasteiger charge is 2.23. The predicted octanol–water partition coefficient (Wildman–Crippen LogP) is 3.27. The third-order valence-electron chi connectivity index (χ3n) is 5.57. The van der Waals surface area contributed by atoms with E-state index in [1.807, 2.05) is 35.0 Å². The first-order valence-corrected chi connectivity index (χ1v) is 10.4. The number of anilines is 2. The molecule has 4 N–H and O–H groups in total. The van der Waals surface area contributed by atoms with Crippen molar-refractivity contribution in [3.05, 3.63) is 53.7 Å². The van der Waals surface area contributed by atoms with Crippen molar-refractivity contribution in [2.45, 2.75) is 38.8 Å². The van der Waals surface area contributed by atoms with Gasteiger partial charge >= 0.3 is 0 Å². The maximum atomic E-state index is 10.2. The standard InChI is InChI=1S/C22H30N6O.ClH/c1-15(2)18-13-26-28-21(25-11-16-6-4-3-5-7-16)10-20(27-22(18)28)24-12-17-8-9-23-14-19(17)29;/h3-7,10,13,15,17,19,23,25,29H,8-9,11-12,14H2,1-2H3,(H,24,27);1H/t17-,19+;/m1./s1. The molecule has 3 aromatic rings. The van der Waals surface area contributed by atoms with Crippen LogP contribution >= 0.6 is 12.4 Å². The minimum Gasteiger partial charge on any atom is -0.391 e. The van der Waals surface area contributed by atoms with Gasteiger partial charge in [-0.05, 0) is 24.4 Å². The average Bonchev–Trinajstić information content (AvgIpc) is 3.16. The number of halogens is 1. The Kier molecular flexibility index (Phi) is 7.53. The van der Waals surface area contributed by atoms with E-state index >= 15 is 0 Å². The molecule has 7 nitrogen and oxygen atoms in total. The van der Waals surface area contributed by atoms with Crippen molar-refractivity contribution >= 4 is 29.7 Å². The first-order valence-electron chi connectivity index (χ1n) is 10.4. The number of aromatic nitrogens is 3. The van der Waals surface area contributed by atoms with E-state index in [2.05, 4.69) is 47.0 Å². The molecule has 0 unspecified atom stereocenters. The van der Waals surface area contributed by atoms with Crippen LogP contribution in [0.25, 0.3) is 5.65 Å². The van der Waals surface area contributed by atoms with Gasteiger partial charge in [-0.25, -0.2) is 4.98 Å². The fourth-order valence-corrected chi connectivity index (χ4v) is 3.76. The molecule has 2 atom stereocenters. The average molecular weight is 431 g/mol. The molecule has 8 heteroatoms. The van der Waals surface area contributed by atoms with Gasteiger partial charge in [-0.2, -0.15) is 9.61 Å². The molecule has 3 heterocycles. The number of β-amino-alcohol motifs (C(OH)–C–C–N with tert-alkyl or cyclic N) is 1. The highest BCUT2D eigenvalue weighted by molar-refractivity contribution is 5.85. The van der Waals surface area contributed by atoms with Crippen molar-refractivity contribution in [2.24, 2.45) is 5.92 Å². The van der Waals surface area contributed by atoms with Crippen LogP contribution in [0.3, 0.4) is 0 Å². The number of hydrogen-bond donors (Lipinski definition) is 4. The molecule has 1 aliphatic rings. The molecule has 4 rings (SSSR count). The summed E-state index contributed by atoms with van der Waals surface area (Å²) in [6.07, 6.45) is 2.54. The summed E-state index contributed by atoms with van der Waals surface area (Å²) in [5, 5.41) is 25.0. The summed E-state index contributed by atoms with van der Waals surface area (Å²) in [5.74, 6) is 2.27. The molecule has 0 spiro atoms. The van der Waals surface area contributed by atoms with Gasteiger partial charge in [0.1, 0.15) is 11.6 Å². The van der Waals surface area contributed by atoms with Crippen molar-refractivity contribution in [3.8, 4) is 0 Å². The zero-order chi connectivity index (χ0) is 20.2. The summed E-state index contributed by atoms with van der Waals surface area (Å²) in [4.78, 5) is 4.83. The molecular formula is C22H31ClN6O. The Morgan fingerprint density at radius 1 is 1.23 bits per heavy atom. The Bertz CT molecular complexity index is 945. The highest BCUT2D eigenvalue weighted by atomic mass is 35.5. The van der Waals surface area contributed by atoms with Crippen LogP contribution in [0, 0.1) is 5.92 Å². The van der Waals surface area contributed by atoms with Crippen molar-refractivity contribution in [1.82, 2.24) is 19.9 Å². The van der Waals surface area contributed by atoms with Gasteiger partial charge in [0.25, 0.3) is 0 Å². The molecule has 0 amide bonds. The van der Waals surface area contributed by atoms with Crippen LogP contribution in [-0.4, -0.2) is 45.4 Å². The van der Waals surface area contributed by atoms with Gasteiger partial charge in [0.05, 0.1) is 12.3 Å². The third kappa shape index (κ3) is 5.03. The van der Waals surface area contributed by atoms with E-state index in [0.29, 0.717) is 25.6 Å². The Labute approximate surface area is 183 Å². The van der Waals surface area contributed by atoms with Crippen LogP contribution in [0.4, 0.5) is 11.6 Å². The quantitative estimate of drug-likeness (QED) is 0.460. The van der Waals surface area contributed by atoms with Crippen molar-refractivity contribution in [2.75, 3.05) is 30.3 Å². The first-order chi connectivity index (χ1) is 14.1. The van der Waals surface area contributed by atoms with E-state index in [4.69, 9.17) is 4.98 Å². The number of hydrogen-bond acceptors (Lipinski definition) is 6. The van der Waals surface area contributed by atoms with Gasteiger partial charge in [0, 0.05) is 37.2 Å². The minimum absolute atomic E-state index is 0. The SMILES string of the molecule is CC(C)c1cnn2c(NCc3ccccc3)cc(NC[C@H]3CCNC[C@@H]3O)nc12.Cl. The van der Waals surface area contributed by atoms with E-state index in [0.717, 1.165) is 35.8 Å². The number of benzene rings is 1. The second-order valence-corrected chi connectivity index (χ2v) is 8.06. The number of nitrogens with one attached hydrogen (secondary N) is 3. The van der Waals surface area contributed by atoms with Crippen molar-refractivity contribution < 1.29 is 5.11 Å². The summed E-state index contributed by atoms with van der Waals surface area (Å²) in [5.41, 5.74) is 3.20. The Morgan fingerprint density at radius 3 is 2.77 bits per heavy atom. The second kappa shape index (κ2) is 10.1. The lowest BCUT2D eigenvalue weighted by Gasteiger charge is -2.28. The summed E-state index contributed by atoms with van der Waals surface area (Å²) in [7, 11) is 0. The summed E-state index contributed by atoms with van der Waals surface area (Å²) in [6, 6.07) is 12.3. The maximum absolute atomic E-state index is 10.2. The zero-order valence-corrected chi connectivity index (χ0v) is 18.3. The summed E-state index contributed by atoms with van der Waals surface area (Å²) >= 11 is 0. The topological polar surface area (TPSA) is 86.5 Å². The lowest BCUT2D eigenvalue weighted by molar-refractivity contribution is 0.0883. The van der Waals surface area contributed by atoms with E-state index in [-0.39, 0.29) is 24.4 Å². The van der Waals surface area contributed by atoms with Crippen LogP contribution in [-0.2, 0) is 6.54 Å². The number of nitrogens with zero attached hydrogens (tertiary/aromatic N) is 3. The lowest BCUT2D eigenvalue weighted by atomic mass is 9.95. The van der Waals surface area contributed by atoms with Gasteiger partial charge in [-0.3, -0.25) is 0 Å². The highest BCUT2D eigenvalue weighted by Crippen LogP contribution is 2.25. The van der Waals surface area contributed by atoms with E-state index in [1.165, 1.54) is 5.56 Å². The molecule has 1 aliphatic heterocycles. The van der Waals surface area contributed by atoms with Crippen LogP contribution in [0.5, 0.6) is 0 Å². The Morgan fingerprint density at radius 2 is 2.03 bits per heavy atom. The number of piperidine rings is 1. The molecule has 0 bridgehead atoms. The number of fused-ring (bicyclic) bond motifs is 1. The number of rotatable bonds is 7. The Balaban J connectivity index is 0.00000256. The van der Waals surface area contributed by atoms with Gasteiger partial charge < -0.3 is 21.1 Å². The Hall–Kier alpha value is -2.35. The smallest absolute Gasteiger partial charge is 0.163 e. The molecule has 30 heavy (non-hydrogen) atoms. The predicted molar refractivity (Wildman–Crippen MR) is 124 cm³/mol. The minimum atomic E-state index is -0.322. The normalized spacial score (nSPS) is 18.9. The fourth-order valence-electron chi connectivity index (χ4n) is 3.76. The van der Waals surface area contributed by atoms with E-state index in [9.17, 15) is 5.11 Å². The molecule has 1 aromatic carbocycles. The van der Waals surface area contributed by atoms with Gasteiger partial charge in [-0.15, -0.1) is 12.4 Å². The lowest BCUT2D eigenvalue weighted by Crippen LogP contribution is -2.43. The monoisotopic (exact) mass is 430 g/mol. The molecular weight excluding hydrogens is 400 g/mol. The maximum Gasteiger partial charge on any atom is 0.163 e. The summed E-state index contributed by atoms with van der Waals surface area (Å²) < 4.78 is 1.88. The van der Waals surface area contributed by atoms with Crippen LogP contribution in [0.2, 0.25) is 0 Å². The van der Waals surface area contributed by atoms with Crippen LogP contribution in [0.15, 0.2) is 42.6 Å². The molecule has 1 fully saturated rings. The third-order valence-corrected chi connectivity index (χ3v) is 5.57. The molecule has 0 aliphatic carbocycles. The van der Waals surface area contributed by atoms with Gasteiger partial charge in [0.2, 0.25) is 0 Å². The molecule has 0 saturated carbocycles. The first kappa shape index (κ1) is 22.3. The molecule has 1 saturated heterocycles. The van der Waals surface area contributed by atoms with Gasteiger partial charge in [0.15, 0.2) is 5.65 Å². The molecule has 162 valence electrons. The number of aliphatic hydroxyl groups excluding tert-OH is 1. The summed E-state index contributed by atoms with van der Waals surface area (Å²) in [6.45, 7) is 7.32. The van der Waals surface area contributed by atoms with E-state index < -0.39 is 0 Å². The van der Waals surface area contributed by atoms with Crippen LogP contribution < -0.4 is 16.0 Å². The van der Waals surface area contributed by atoms with E-state index in [1.54, 1.807) is 0 Å². The fraction of sp³-hybridized carbons (Fsp3) is 0.455. The largest absolute Gasteiger partial charge is 0.391 e. The second-order valence-electron chi connectivity index (χ2n) is 8.06. The van der Waals surface area contributed by atoms with Crippen molar-refractivity contribution in [3.63, 3.8) is 0 Å². The molecule has 0 radical (unpaired) electrons. The van der Waals surface area contributed by atoms with Gasteiger partial charge in [-0.1, -0.05) is 44.2 Å². The van der Waals surface area contributed by atoms with Crippen LogP contribution in [0.1, 0.15) is 37.3 Å². The molecule has 2 aromatic heterocycles. The zero-order valence-electron chi connectivity index (χ0n) is 17.5.